The lowest BCUT2D eigenvalue weighted by molar-refractivity contribution is -0.115. The average Bonchev–Trinajstić information content (AvgIpc) is 2.86. The fraction of sp³-hybridized carbons (Fsp3) is 0.107. The summed E-state index contributed by atoms with van der Waals surface area (Å²) in [5.74, 6) is -0.180. The molecular weight excluding hydrogens is 512 g/mol. The maximum absolute atomic E-state index is 13.3. The van der Waals surface area contributed by atoms with E-state index in [9.17, 15) is 13.2 Å². The Morgan fingerprint density at radius 2 is 1.53 bits per heavy atom. The van der Waals surface area contributed by atoms with Crippen LogP contribution in [0.25, 0.3) is 0 Å². The number of halogens is 1. The Morgan fingerprint density at radius 1 is 0.861 bits per heavy atom. The number of anilines is 2. The summed E-state index contributed by atoms with van der Waals surface area (Å²) in [6.45, 7) is 3.81. The van der Waals surface area contributed by atoms with Gasteiger partial charge in [-0.15, -0.1) is 11.8 Å². The van der Waals surface area contributed by atoms with Crippen LogP contribution >= 0.6 is 23.4 Å². The number of rotatable bonds is 8. The highest BCUT2D eigenvalue weighted by atomic mass is 35.5. The van der Waals surface area contributed by atoms with E-state index >= 15 is 0 Å². The van der Waals surface area contributed by atoms with Gasteiger partial charge in [-0.25, -0.2) is 8.42 Å². The van der Waals surface area contributed by atoms with Gasteiger partial charge in [0.1, 0.15) is 5.25 Å². The monoisotopic (exact) mass is 536 g/mol. The Labute approximate surface area is 221 Å². The topological polar surface area (TPSA) is 75.3 Å². The Morgan fingerprint density at radius 3 is 2.19 bits per heavy atom. The molecule has 8 heteroatoms. The number of carbonyl (C=O) groups excluding carboxylic acids is 1. The number of aryl methyl sites for hydroxylation is 2. The van der Waals surface area contributed by atoms with E-state index in [1.54, 1.807) is 60.7 Å². The SMILES string of the molecule is Cc1ccc(S(=O)(=O)Nc2ccc(SC(C(=O)Nc3cc(Cl)ccc3C)c3ccccc3)cc2)cc1. The second-order valence-electron chi connectivity index (χ2n) is 8.30. The standard InChI is InChI=1S/C28H25ClN2O3S2/c1-19-8-16-25(17-9-19)36(33,34)31-23-12-14-24(15-13-23)35-27(21-6-4-3-5-7-21)28(32)30-26-18-22(29)11-10-20(26)2/h3-18,27,31H,1-2H3,(H,30,32). The molecule has 184 valence electrons. The molecule has 0 saturated carbocycles. The van der Waals surface area contributed by atoms with Crippen molar-refractivity contribution in [3.8, 4) is 0 Å². The van der Waals surface area contributed by atoms with Gasteiger partial charge >= 0.3 is 0 Å². The molecule has 0 bridgehead atoms. The van der Waals surface area contributed by atoms with E-state index in [1.807, 2.05) is 50.2 Å². The third-order valence-corrected chi connectivity index (χ3v) is 8.39. The molecular formula is C28H25ClN2O3S2. The minimum Gasteiger partial charge on any atom is -0.325 e. The first-order chi connectivity index (χ1) is 17.2. The normalized spacial score (nSPS) is 12.1. The molecule has 36 heavy (non-hydrogen) atoms. The summed E-state index contributed by atoms with van der Waals surface area (Å²) in [7, 11) is -3.70. The molecule has 0 radical (unpaired) electrons. The number of sulfonamides is 1. The molecule has 0 spiro atoms. The van der Waals surface area contributed by atoms with Crippen molar-refractivity contribution < 1.29 is 13.2 Å². The molecule has 0 fully saturated rings. The van der Waals surface area contributed by atoms with E-state index < -0.39 is 15.3 Å². The molecule has 4 aromatic rings. The summed E-state index contributed by atoms with van der Waals surface area (Å²) < 4.78 is 28.0. The maximum atomic E-state index is 13.3. The first kappa shape index (κ1) is 25.8. The van der Waals surface area contributed by atoms with Gasteiger partial charge < -0.3 is 5.32 Å². The molecule has 0 aliphatic rings. The molecule has 4 aromatic carbocycles. The van der Waals surface area contributed by atoms with Crippen LogP contribution in [0.5, 0.6) is 0 Å². The van der Waals surface area contributed by atoms with E-state index in [0.29, 0.717) is 16.4 Å². The summed E-state index contributed by atoms with van der Waals surface area (Å²) in [6.07, 6.45) is 0. The van der Waals surface area contributed by atoms with Crippen LogP contribution in [0.3, 0.4) is 0 Å². The van der Waals surface area contributed by atoms with Crippen molar-refractivity contribution in [3.63, 3.8) is 0 Å². The maximum Gasteiger partial charge on any atom is 0.261 e. The van der Waals surface area contributed by atoms with Crippen LogP contribution in [0, 0.1) is 13.8 Å². The Kier molecular flexibility index (Phi) is 8.04. The quantitative estimate of drug-likeness (QED) is 0.233. The lowest BCUT2D eigenvalue weighted by atomic mass is 10.1. The minimum atomic E-state index is -3.70. The molecule has 0 aliphatic carbocycles. The van der Waals surface area contributed by atoms with Gasteiger partial charge in [0.25, 0.3) is 10.0 Å². The van der Waals surface area contributed by atoms with Gasteiger partial charge in [-0.05, 0) is 73.5 Å². The molecule has 0 aromatic heterocycles. The van der Waals surface area contributed by atoms with E-state index in [-0.39, 0.29) is 10.8 Å². The molecule has 2 N–H and O–H groups in total. The van der Waals surface area contributed by atoms with Crippen molar-refractivity contribution >= 4 is 50.7 Å². The van der Waals surface area contributed by atoms with Crippen LogP contribution in [-0.2, 0) is 14.8 Å². The van der Waals surface area contributed by atoms with Gasteiger partial charge in [0, 0.05) is 21.3 Å². The van der Waals surface area contributed by atoms with Crippen molar-refractivity contribution in [3.05, 3.63) is 119 Å². The average molecular weight is 537 g/mol. The van der Waals surface area contributed by atoms with E-state index in [0.717, 1.165) is 21.6 Å². The number of amides is 1. The molecule has 0 heterocycles. The molecule has 1 unspecified atom stereocenters. The zero-order valence-electron chi connectivity index (χ0n) is 19.7. The molecule has 1 amide bonds. The van der Waals surface area contributed by atoms with E-state index in [1.165, 1.54) is 11.8 Å². The zero-order valence-corrected chi connectivity index (χ0v) is 22.1. The van der Waals surface area contributed by atoms with Crippen LogP contribution in [0.1, 0.15) is 21.9 Å². The lowest BCUT2D eigenvalue weighted by Crippen LogP contribution is -2.19. The molecule has 4 rings (SSSR count). The zero-order chi connectivity index (χ0) is 25.7. The van der Waals surface area contributed by atoms with Crippen molar-refractivity contribution in [2.75, 3.05) is 10.0 Å². The largest absolute Gasteiger partial charge is 0.325 e. The van der Waals surface area contributed by atoms with Gasteiger partial charge in [0.15, 0.2) is 0 Å². The van der Waals surface area contributed by atoms with Crippen LogP contribution in [0.2, 0.25) is 5.02 Å². The minimum absolute atomic E-state index is 0.180. The van der Waals surface area contributed by atoms with Gasteiger partial charge in [0.05, 0.1) is 4.90 Å². The first-order valence-electron chi connectivity index (χ1n) is 11.2. The predicted molar refractivity (Wildman–Crippen MR) is 148 cm³/mol. The first-order valence-corrected chi connectivity index (χ1v) is 13.9. The summed E-state index contributed by atoms with van der Waals surface area (Å²) >= 11 is 7.51. The number of thioether (sulfide) groups is 1. The fourth-order valence-electron chi connectivity index (χ4n) is 3.50. The smallest absolute Gasteiger partial charge is 0.261 e. The van der Waals surface area contributed by atoms with Crippen molar-refractivity contribution in [1.29, 1.82) is 0 Å². The second-order valence-corrected chi connectivity index (χ2v) is 11.6. The number of hydrogen-bond donors (Lipinski definition) is 2. The van der Waals surface area contributed by atoms with Gasteiger partial charge in [-0.2, -0.15) is 0 Å². The Bertz CT molecular complexity index is 1460. The Balaban J connectivity index is 1.53. The summed E-state index contributed by atoms with van der Waals surface area (Å²) in [5.41, 5.74) is 3.85. The van der Waals surface area contributed by atoms with Crippen LogP contribution in [-0.4, -0.2) is 14.3 Å². The number of carbonyl (C=O) groups is 1. The van der Waals surface area contributed by atoms with Crippen molar-refractivity contribution in [1.82, 2.24) is 0 Å². The van der Waals surface area contributed by atoms with Crippen molar-refractivity contribution in [2.45, 2.75) is 28.9 Å². The van der Waals surface area contributed by atoms with Gasteiger partial charge in [-0.3, -0.25) is 9.52 Å². The second kappa shape index (κ2) is 11.2. The summed E-state index contributed by atoms with van der Waals surface area (Å²) in [6, 6.07) is 28.5. The fourth-order valence-corrected chi connectivity index (χ4v) is 5.75. The molecule has 0 aliphatic heterocycles. The number of hydrogen-bond acceptors (Lipinski definition) is 4. The van der Waals surface area contributed by atoms with Gasteiger partial charge in [-0.1, -0.05) is 65.7 Å². The summed E-state index contributed by atoms with van der Waals surface area (Å²) in [4.78, 5) is 14.4. The highest BCUT2D eigenvalue weighted by molar-refractivity contribution is 8.00. The molecule has 0 saturated heterocycles. The highest BCUT2D eigenvalue weighted by Gasteiger charge is 2.23. The lowest BCUT2D eigenvalue weighted by Gasteiger charge is -2.18. The number of nitrogens with one attached hydrogen (secondary N) is 2. The molecule has 1 atom stereocenters. The number of benzene rings is 4. The predicted octanol–water partition coefficient (Wildman–Crippen LogP) is 7.23. The van der Waals surface area contributed by atoms with E-state index in [4.69, 9.17) is 11.6 Å². The summed E-state index contributed by atoms with van der Waals surface area (Å²) in [5, 5.41) is 3.02. The molecule has 5 nitrogen and oxygen atoms in total. The van der Waals surface area contributed by atoms with Gasteiger partial charge in [0.2, 0.25) is 5.91 Å². The van der Waals surface area contributed by atoms with Crippen LogP contribution in [0.4, 0.5) is 11.4 Å². The van der Waals surface area contributed by atoms with E-state index in [2.05, 4.69) is 10.0 Å². The highest BCUT2D eigenvalue weighted by Crippen LogP contribution is 2.37. The third-order valence-electron chi connectivity index (χ3n) is 5.49. The Hall–Kier alpha value is -3.26. The van der Waals surface area contributed by atoms with Crippen LogP contribution < -0.4 is 10.0 Å². The van der Waals surface area contributed by atoms with Crippen molar-refractivity contribution in [2.24, 2.45) is 0 Å². The third kappa shape index (κ3) is 6.49. The van der Waals surface area contributed by atoms with Crippen LogP contribution in [0.15, 0.2) is 107 Å².